The minimum absolute atomic E-state index is 0.370. The summed E-state index contributed by atoms with van der Waals surface area (Å²) < 4.78 is 0. The van der Waals surface area contributed by atoms with E-state index in [0.29, 0.717) is 12.6 Å². The molecular weight excluding hydrogens is 214 g/mol. The maximum atomic E-state index is 11.3. The number of anilines is 1. The molecule has 1 aromatic rings. The highest BCUT2D eigenvalue weighted by Crippen LogP contribution is 2.37. The predicted molar refractivity (Wildman–Crippen MR) is 68.5 cm³/mol. The Morgan fingerprint density at radius 1 is 1.53 bits per heavy atom. The number of hydrogen-bond acceptors (Lipinski definition) is 2. The summed E-state index contributed by atoms with van der Waals surface area (Å²) in [6, 6.07) is 8.28. The third-order valence-corrected chi connectivity index (χ3v) is 3.54. The first-order chi connectivity index (χ1) is 8.15. The van der Waals surface area contributed by atoms with Gasteiger partial charge in [0.15, 0.2) is 0 Å². The molecule has 0 radical (unpaired) electrons. The second kappa shape index (κ2) is 4.78. The number of rotatable bonds is 4. The van der Waals surface area contributed by atoms with Gasteiger partial charge < -0.3 is 10.0 Å². The van der Waals surface area contributed by atoms with Crippen LogP contribution in [0.1, 0.15) is 38.2 Å². The summed E-state index contributed by atoms with van der Waals surface area (Å²) in [6.07, 6.45) is 2.22. The molecule has 1 heterocycles. The number of carboxylic acids is 1. The van der Waals surface area contributed by atoms with E-state index >= 15 is 0 Å². The van der Waals surface area contributed by atoms with Gasteiger partial charge in [0.2, 0.25) is 0 Å². The van der Waals surface area contributed by atoms with Crippen LogP contribution in [0.2, 0.25) is 0 Å². The van der Waals surface area contributed by atoms with Gasteiger partial charge in [0, 0.05) is 18.3 Å². The SMILES string of the molecule is CCCC(C)N1CC(C(=O)O)c2ccccc21. The number of fused-ring (bicyclic) bond motifs is 1. The molecule has 0 fully saturated rings. The van der Waals surface area contributed by atoms with Crippen LogP contribution >= 0.6 is 0 Å². The van der Waals surface area contributed by atoms with E-state index in [1.54, 1.807) is 0 Å². The van der Waals surface area contributed by atoms with Crippen LogP contribution in [0, 0.1) is 0 Å². The van der Waals surface area contributed by atoms with Crippen molar-refractivity contribution in [2.45, 2.75) is 38.6 Å². The van der Waals surface area contributed by atoms with Crippen molar-refractivity contribution in [2.75, 3.05) is 11.4 Å². The van der Waals surface area contributed by atoms with E-state index in [-0.39, 0.29) is 5.92 Å². The first-order valence-electron chi connectivity index (χ1n) is 6.23. The van der Waals surface area contributed by atoms with Gasteiger partial charge in [-0.15, -0.1) is 0 Å². The number of benzene rings is 1. The Bertz CT molecular complexity index is 416. The molecule has 3 nitrogen and oxygen atoms in total. The first-order valence-corrected chi connectivity index (χ1v) is 6.23. The smallest absolute Gasteiger partial charge is 0.312 e. The Labute approximate surface area is 102 Å². The van der Waals surface area contributed by atoms with E-state index in [2.05, 4.69) is 18.7 Å². The zero-order chi connectivity index (χ0) is 12.4. The van der Waals surface area contributed by atoms with Crippen LogP contribution in [-0.4, -0.2) is 23.7 Å². The van der Waals surface area contributed by atoms with Gasteiger partial charge in [0.05, 0.1) is 0 Å². The van der Waals surface area contributed by atoms with E-state index in [4.69, 9.17) is 0 Å². The van der Waals surface area contributed by atoms with Crippen LogP contribution in [0.4, 0.5) is 5.69 Å². The van der Waals surface area contributed by atoms with Crippen molar-refractivity contribution < 1.29 is 9.90 Å². The molecule has 2 unspecified atom stereocenters. The lowest BCUT2D eigenvalue weighted by Crippen LogP contribution is -2.33. The maximum absolute atomic E-state index is 11.3. The lowest BCUT2D eigenvalue weighted by Gasteiger charge is -2.27. The van der Waals surface area contributed by atoms with Crippen molar-refractivity contribution >= 4 is 11.7 Å². The molecule has 2 atom stereocenters. The third-order valence-electron chi connectivity index (χ3n) is 3.54. The minimum atomic E-state index is -0.719. The Hall–Kier alpha value is -1.51. The van der Waals surface area contributed by atoms with Crippen molar-refractivity contribution in [1.29, 1.82) is 0 Å². The van der Waals surface area contributed by atoms with E-state index in [0.717, 1.165) is 24.1 Å². The molecule has 1 aliphatic heterocycles. The number of hydrogen-bond donors (Lipinski definition) is 1. The van der Waals surface area contributed by atoms with Crippen molar-refractivity contribution in [1.82, 2.24) is 0 Å². The number of nitrogens with zero attached hydrogens (tertiary/aromatic N) is 1. The average Bonchev–Trinajstić information content (AvgIpc) is 2.69. The van der Waals surface area contributed by atoms with Gasteiger partial charge in [0.1, 0.15) is 5.92 Å². The molecule has 0 aliphatic carbocycles. The summed E-state index contributed by atoms with van der Waals surface area (Å²) in [7, 11) is 0. The monoisotopic (exact) mass is 233 g/mol. The van der Waals surface area contributed by atoms with Crippen molar-refractivity contribution in [2.24, 2.45) is 0 Å². The number of para-hydroxylation sites is 1. The lowest BCUT2D eigenvalue weighted by atomic mass is 10.0. The second-order valence-electron chi connectivity index (χ2n) is 4.74. The molecule has 0 saturated heterocycles. The van der Waals surface area contributed by atoms with Crippen molar-refractivity contribution in [3.05, 3.63) is 29.8 Å². The third kappa shape index (κ3) is 2.14. The largest absolute Gasteiger partial charge is 0.481 e. The Balaban J connectivity index is 2.31. The Morgan fingerprint density at radius 2 is 2.24 bits per heavy atom. The molecule has 0 aromatic heterocycles. The van der Waals surface area contributed by atoms with Crippen LogP contribution in [-0.2, 0) is 4.79 Å². The molecule has 1 aliphatic rings. The van der Waals surface area contributed by atoms with Crippen LogP contribution in [0.5, 0.6) is 0 Å². The predicted octanol–water partition coefficient (Wildman–Crippen LogP) is 2.86. The summed E-state index contributed by atoms with van der Waals surface area (Å²) in [5.41, 5.74) is 2.06. The summed E-state index contributed by atoms with van der Waals surface area (Å²) >= 11 is 0. The van der Waals surface area contributed by atoms with Gasteiger partial charge in [-0.05, 0) is 25.0 Å². The van der Waals surface area contributed by atoms with Crippen molar-refractivity contribution in [3.63, 3.8) is 0 Å². The van der Waals surface area contributed by atoms with Crippen LogP contribution in [0.3, 0.4) is 0 Å². The molecular formula is C14H19NO2. The van der Waals surface area contributed by atoms with Crippen LogP contribution in [0.15, 0.2) is 24.3 Å². The fraction of sp³-hybridized carbons (Fsp3) is 0.500. The zero-order valence-electron chi connectivity index (χ0n) is 10.4. The van der Waals surface area contributed by atoms with E-state index in [1.165, 1.54) is 0 Å². The number of carbonyl (C=O) groups is 1. The molecule has 92 valence electrons. The summed E-state index contributed by atoms with van der Waals surface area (Å²) in [5, 5.41) is 9.26. The van der Waals surface area contributed by atoms with E-state index in [9.17, 15) is 9.90 Å². The summed E-state index contributed by atoms with van der Waals surface area (Å²) in [6.45, 7) is 4.94. The molecule has 0 amide bonds. The van der Waals surface area contributed by atoms with Gasteiger partial charge in [-0.25, -0.2) is 0 Å². The number of aliphatic carboxylic acids is 1. The molecule has 1 aromatic carbocycles. The molecule has 1 N–H and O–H groups in total. The molecule has 0 bridgehead atoms. The topological polar surface area (TPSA) is 40.5 Å². The van der Waals surface area contributed by atoms with E-state index < -0.39 is 5.97 Å². The summed E-state index contributed by atoms with van der Waals surface area (Å²) in [4.78, 5) is 13.5. The fourth-order valence-electron chi connectivity index (χ4n) is 2.64. The fourth-order valence-corrected chi connectivity index (χ4v) is 2.64. The normalized spacial score (nSPS) is 20.1. The van der Waals surface area contributed by atoms with Crippen LogP contribution in [0.25, 0.3) is 0 Å². The quantitative estimate of drug-likeness (QED) is 0.869. The maximum Gasteiger partial charge on any atom is 0.312 e. The number of carboxylic acid groups (broad SMARTS) is 1. The lowest BCUT2D eigenvalue weighted by molar-refractivity contribution is -0.138. The summed E-state index contributed by atoms with van der Waals surface area (Å²) in [5.74, 6) is -1.09. The highest BCUT2D eigenvalue weighted by molar-refractivity contribution is 5.83. The first kappa shape index (κ1) is 12.0. The van der Waals surface area contributed by atoms with Gasteiger partial charge in [-0.3, -0.25) is 4.79 Å². The van der Waals surface area contributed by atoms with Crippen molar-refractivity contribution in [3.8, 4) is 0 Å². The highest BCUT2D eigenvalue weighted by atomic mass is 16.4. The zero-order valence-corrected chi connectivity index (χ0v) is 10.4. The Morgan fingerprint density at radius 3 is 2.88 bits per heavy atom. The van der Waals surface area contributed by atoms with Gasteiger partial charge in [-0.2, -0.15) is 0 Å². The standard InChI is InChI=1S/C14H19NO2/c1-3-6-10(2)15-9-12(14(16)17)11-7-4-5-8-13(11)15/h4-5,7-8,10,12H,3,6,9H2,1-2H3,(H,16,17). The highest BCUT2D eigenvalue weighted by Gasteiger charge is 2.34. The van der Waals surface area contributed by atoms with Crippen LogP contribution < -0.4 is 4.90 Å². The molecule has 0 spiro atoms. The molecule has 3 heteroatoms. The average molecular weight is 233 g/mol. The Kier molecular flexibility index (Phi) is 3.36. The second-order valence-corrected chi connectivity index (χ2v) is 4.74. The van der Waals surface area contributed by atoms with Gasteiger partial charge in [0.25, 0.3) is 0 Å². The minimum Gasteiger partial charge on any atom is -0.481 e. The van der Waals surface area contributed by atoms with E-state index in [1.807, 2.05) is 24.3 Å². The molecule has 0 saturated carbocycles. The molecule has 2 rings (SSSR count). The van der Waals surface area contributed by atoms with Gasteiger partial charge in [-0.1, -0.05) is 31.5 Å². The van der Waals surface area contributed by atoms with Gasteiger partial charge >= 0.3 is 5.97 Å². The molecule has 17 heavy (non-hydrogen) atoms.